The molecule has 0 saturated heterocycles. The zero-order valence-corrected chi connectivity index (χ0v) is 10.5. The van der Waals surface area contributed by atoms with Crippen molar-refractivity contribution < 1.29 is 0 Å². The average molecular weight is 248 g/mol. The van der Waals surface area contributed by atoms with E-state index in [0.717, 1.165) is 28.3 Å². The molecule has 0 bridgehead atoms. The fourth-order valence-electron chi connectivity index (χ4n) is 1.75. The van der Waals surface area contributed by atoms with Gasteiger partial charge in [-0.1, -0.05) is 30.3 Å². The Balaban J connectivity index is 1.93. The van der Waals surface area contributed by atoms with Crippen LogP contribution in [0.1, 0.15) is 5.69 Å². The van der Waals surface area contributed by atoms with Crippen LogP contribution in [0, 0.1) is 6.92 Å². The second kappa shape index (κ2) is 4.94. The van der Waals surface area contributed by atoms with Gasteiger partial charge in [0, 0.05) is 5.56 Å². The number of aryl methyl sites for hydroxylation is 1. The van der Waals surface area contributed by atoms with E-state index in [1.807, 2.05) is 49.4 Å². The van der Waals surface area contributed by atoms with Crippen molar-refractivity contribution in [1.82, 2.24) is 20.2 Å². The van der Waals surface area contributed by atoms with Gasteiger partial charge in [0.25, 0.3) is 0 Å². The number of rotatable bonds is 2. The van der Waals surface area contributed by atoms with E-state index in [2.05, 4.69) is 20.2 Å². The highest BCUT2D eigenvalue weighted by atomic mass is 15.1. The molecule has 0 aliphatic heterocycles. The third kappa shape index (κ3) is 2.47. The summed E-state index contributed by atoms with van der Waals surface area (Å²) in [4.78, 5) is 8.81. The zero-order valence-electron chi connectivity index (χ0n) is 10.5. The summed E-state index contributed by atoms with van der Waals surface area (Å²) in [7, 11) is 0. The molecule has 92 valence electrons. The molecule has 2 aromatic heterocycles. The van der Waals surface area contributed by atoms with E-state index < -0.39 is 0 Å². The monoisotopic (exact) mass is 248 g/mol. The van der Waals surface area contributed by atoms with Crippen LogP contribution in [-0.4, -0.2) is 20.2 Å². The van der Waals surface area contributed by atoms with Crippen LogP contribution in [0.15, 0.2) is 54.9 Å². The molecule has 3 aromatic rings. The lowest BCUT2D eigenvalue weighted by Gasteiger charge is -2.02. The van der Waals surface area contributed by atoms with Crippen molar-refractivity contribution in [3.8, 4) is 22.6 Å². The highest BCUT2D eigenvalue weighted by molar-refractivity contribution is 5.60. The number of aromatic nitrogens is 4. The maximum absolute atomic E-state index is 4.42. The first kappa shape index (κ1) is 11.5. The van der Waals surface area contributed by atoms with Crippen LogP contribution in [0.25, 0.3) is 22.6 Å². The van der Waals surface area contributed by atoms with Crippen molar-refractivity contribution in [2.45, 2.75) is 6.92 Å². The highest BCUT2D eigenvalue weighted by Crippen LogP contribution is 2.18. The molecule has 19 heavy (non-hydrogen) atoms. The van der Waals surface area contributed by atoms with Gasteiger partial charge in [-0.2, -0.15) is 5.10 Å². The van der Waals surface area contributed by atoms with E-state index in [-0.39, 0.29) is 0 Å². The molecule has 0 fully saturated rings. The van der Waals surface area contributed by atoms with Crippen molar-refractivity contribution in [3.63, 3.8) is 0 Å². The lowest BCUT2D eigenvalue weighted by Crippen LogP contribution is -1.93. The quantitative estimate of drug-likeness (QED) is 0.699. The molecule has 0 saturated carbocycles. The van der Waals surface area contributed by atoms with Crippen molar-refractivity contribution >= 4 is 0 Å². The first-order valence-corrected chi connectivity index (χ1v) is 6.01. The van der Waals surface area contributed by atoms with Gasteiger partial charge in [0.1, 0.15) is 11.4 Å². The van der Waals surface area contributed by atoms with E-state index in [0.29, 0.717) is 0 Å². The minimum atomic E-state index is 0.729. The molecule has 0 N–H and O–H groups in total. The molecular weight excluding hydrogens is 236 g/mol. The first-order chi connectivity index (χ1) is 9.33. The zero-order chi connectivity index (χ0) is 13.1. The van der Waals surface area contributed by atoms with Gasteiger partial charge in [0.2, 0.25) is 0 Å². The third-order valence-electron chi connectivity index (χ3n) is 2.78. The summed E-state index contributed by atoms with van der Waals surface area (Å²) < 4.78 is 0. The van der Waals surface area contributed by atoms with Crippen LogP contribution < -0.4 is 0 Å². The molecule has 0 amide bonds. The van der Waals surface area contributed by atoms with Crippen molar-refractivity contribution in [2.75, 3.05) is 0 Å². The minimum Gasteiger partial charge on any atom is -0.252 e. The van der Waals surface area contributed by atoms with Crippen LogP contribution >= 0.6 is 0 Å². The Labute approximate surface area is 111 Å². The normalized spacial score (nSPS) is 10.4. The Morgan fingerprint density at radius 3 is 2.05 bits per heavy atom. The number of hydrogen-bond donors (Lipinski definition) is 0. The molecule has 0 atom stereocenters. The van der Waals surface area contributed by atoms with Crippen molar-refractivity contribution in [1.29, 1.82) is 0 Å². The Morgan fingerprint density at radius 2 is 1.42 bits per heavy atom. The fourth-order valence-corrected chi connectivity index (χ4v) is 1.75. The van der Waals surface area contributed by atoms with Crippen LogP contribution in [0.5, 0.6) is 0 Å². The predicted molar refractivity (Wildman–Crippen MR) is 73.2 cm³/mol. The van der Waals surface area contributed by atoms with E-state index in [4.69, 9.17) is 0 Å². The summed E-state index contributed by atoms with van der Waals surface area (Å²) in [6, 6.07) is 13.8. The lowest BCUT2D eigenvalue weighted by molar-refractivity contribution is 0.978. The van der Waals surface area contributed by atoms with Crippen molar-refractivity contribution in [2.24, 2.45) is 0 Å². The molecule has 4 heteroatoms. The summed E-state index contributed by atoms with van der Waals surface area (Å²) in [5.74, 6) is 0. The van der Waals surface area contributed by atoms with Crippen LogP contribution in [0.4, 0.5) is 0 Å². The average Bonchev–Trinajstić information content (AvgIpc) is 2.49. The van der Waals surface area contributed by atoms with Gasteiger partial charge in [-0.25, -0.2) is 0 Å². The maximum Gasteiger partial charge on any atom is 0.113 e. The molecule has 0 aliphatic carbocycles. The topological polar surface area (TPSA) is 51.6 Å². The number of benzene rings is 1. The molecule has 0 aliphatic rings. The van der Waals surface area contributed by atoms with Gasteiger partial charge in [-0.05, 0) is 19.1 Å². The molecule has 4 nitrogen and oxygen atoms in total. The van der Waals surface area contributed by atoms with Gasteiger partial charge in [-0.15, -0.1) is 5.10 Å². The Bertz CT molecular complexity index is 661. The number of hydrogen-bond acceptors (Lipinski definition) is 4. The van der Waals surface area contributed by atoms with E-state index in [9.17, 15) is 0 Å². The Hall–Kier alpha value is -2.62. The first-order valence-electron chi connectivity index (χ1n) is 6.01. The largest absolute Gasteiger partial charge is 0.252 e. The van der Waals surface area contributed by atoms with Gasteiger partial charge >= 0.3 is 0 Å². The van der Waals surface area contributed by atoms with Crippen LogP contribution in [0.2, 0.25) is 0 Å². The summed E-state index contributed by atoms with van der Waals surface area (Å²) in [5.41, 5.74) is 4.25. The molecule has 3 rings (SSSR count). The molecular formula is C15H12N4. The standard InChI is InChI=1S/C15H12N4/c1-11-7-8-13(19-18-11)15-10-16-14(9-17-15)12-5-3-2-4-6-12/h2-10H,1H3. The van der Waals surface area contributed by atoms with Gasteiger partial charge in [0.15, 0.2) is 0 Å². The lowest BCUT2D eigenvalue weighted by atomic mass is 10.1. The van der Waals surface area contributed by atoms with E-state index in [1.165, 1.54) is 0 Å². The van der Waals surface area contributed by atoms with Crippen LogP contribution in [0.3, 0.4) is 0 Å². The van der Waals surface area contributed by atoms with Gasteiger partial charge in [0.05, 0.1) is 23.8 Å². The molecule has 0 spiro atoms. The summed E-state index contributed by atoms with van der Waals surface area (Å²) in [5, 5.41) is 8.12. The summed E-state index contributed by atoms with van der Waals surface area (Å²) in [6.07, 6.45) is 3.48. The molecule has 2 heterocycles. The predicted octanol–water partition coefficient (Wildman–Crippen LogP) is 2.91. The second-order valence-electron chi connectivity index (χ2n) is 4.21. The van der Waals surface area contributed by atoms with Crippen LogP contribution in [-0.2, 0) is 0 Å². The Kier molecular flexibility index (Phi) is 2.98. The smallest absolute Gasteiger partial charge is 0.113 e. The SMILES string of the molecule is Cc1ccc(-c2cnc(-c3ccccc3)cn2)nn1. The molecule has 0 unspecified atom stereocenters. The number of nitrogens with zero attached hydrogens (tertiary/aromatic N) is 4. The van der Waals surface area contributed by atoms with E-state index in [1.54, 1.807) is 12.4 Å². The minimum absolute atomic E-state index is 0.729. The Morgan fingerprint density at radius 1 is 0.684 bits per heavy atom. The highest BCUT2D eigenvalue weighted by Gasteiger charge is 2.04. The summed E-state index contributed by atoms with van der Waals surface area (Å²) >= 11 is 0. The van der Waals surface area contributed by atoms with Gasteiger partial charge in [-0.3, -0.25) is 9.97 Å². The second-order valence-corrected chi connectivity index (χ2v) is 4.21. The fraction of sp³-hybridized carbons (Fsp3) is 0.0667. The van der Waals surface area contributed by atoms with E-state index >= 15 is 0 Å². The van der Waals surface area contributed by atoms with Crippen molar-refractivity contribution in [3.05, 3.63) is 60.6 Å². The van der Waals surface area contributed by atoms with Gasteiger partial charge < -0.3 is 0 Å². The third-order valence-corrected chi connectivity index (χ3v) is 2.78. The maximum atomic E-state index is 4.42. The molecule has 0 radical (unpaired) electrons. The summed E-state index contributed by atoms with van der Waals surface area (Å²) in [6.45, 7) is 1.90. The molecule has 1 aromatic carbocycles.